The summed E-state index contributed by atoms with van der Waals surface area (Å²) < 4.78 is 10.9. The van der Waals surface area contributed by atoms with Gasteiger partial charge in [0.2, 0.25) is 0 Å². The largest absolute Gasteiger partial charge is 0.493 e. The second-order valence-electron chi connectivity index (χ2n) is 5.16. The van der Waals surface area contributed by atoms with Gasteiger partial charge < -0.3 is 14.8 Å². The average molecular weight is 354 g/mol. The van der Waals surface area contributed by atoms with Gasteiger partial charge in [-0.15, -0.1) is 0 Å². The molecule has 0 bridgehead atoms. The van der Waals surface area contributed by atoms with Gasteiger partial charge in [-0.3, -0.25) is 4.79 Å². The number of amides is 1. The Morgan fingerprint density at radius 1 is 1.16 bits per heavy atom. The number of hydrogen-bond acceptors (Lipinski definition) is 5. The van der Waals surface area contributed by atoms with Crippen LogP contribution in [-0.2, 0) is 4.79 Å². The van der Waals surface area contributed by atoms with Crippen molar-refractivity contribution in [3.63, 3.8) is 0 Å². The first-order valence-electron chi connectivity index (χ1n) is 7.85. The number of rotatable bonds is 5. The highest BCUT2D eigenvalue weighted by molar-refractivity contribution is 8.18. The molecular weight excluding hydrogens is 336 g/mol. The van der Waals surface area contributed by atoms with Crippen LogP contribution in [0.3, 0.4) is 0 Å². The van der Waals surface area contributed by atoms with E-state index in [4.69, 9.17) is 9.47 Å². The van der Waals surface area contributed by atoms with Gasteiger partial charge >= 0.3 is 0 Å². The molecule has 3 rings (SSSR count). The number of hydrogen-bond donors (Lipinski definition) is 1. The van der Waals surface area contributed by atoms with Crippen molar-refractivity contribution >= 4 is 34.6 Å². The van der Waals surface area contributed by atoms with Gasteiger partial charge in [0.15, 0.2) is 16.7 Å². The number of carbonyl (C=O) groups excluding carboxylic acids is 1. The van der Waals surface area contributed by atoms with Crippen LogP contribution in [0.25, 0.3) is 6.08 Å². The van der Waals surface area contributed by atoms with Crippen molar-refractivity contribution in [2.24, 2.45) is 4.99 Å². The second kappa shape index (κ2) is 7.90. The fourth-order valence-electron chi connectivity index (χ4n) is 2.30. The fourth-order valence-corrected chi connectivity index (χ4v) is 3.14. The van der Waals surface area contributed by atoms with E-state index in [0.29, 0.717) is 28.2 Å². The lowest BCUT2D eigenvalue weighted by Gasteiger charge is -2.09. The van der Waals surface area contributed by atoms with Crippen LogP contribution >= 0.6 is 11.8 Å². The van der Waals surface area contributed by atoms with Crippen LogP contribution in [-0.4, -0.2) is 24.8 Å². The first-order valence-corrected chi connectivity index (χ1v) is 8.66. The smallest absolute Gasteiger partial charge is 0.264 e. The predicted molar refractivity (Wildman–Crippen MR) is 101 cm³/mol. The summed E-state index contributed by atoms with van der Waals surface area (Å²) in [7, 11) is 1.59. The molecule has 0 atom stereocenters. The predicted octanol–water partition coefficient (Wildman–Crippen LogP) is 3.99. The van der Waals surface area contributed by atoms with Gasteiger partial charge in [-0.1, -0.05) is 24.3 Å². The van der Waals surface area contributed by atoms with Crippen LogP contribution in [0.5, 0.6) is 11.5 Å². The van der Waals surface area contributed by atoms with E-state index < -0.39 is 0 Å². The van der Waals surface area contributed by atoms with Crippen LogP contribution in [0.2, 0.25) is 0 Å². The van der Waals surface area contributed by atoms with Crippen LogP contribution in [0.15, 0.2) is 58.4 Å². The maximum absolute atomic E-state index is 12.2. The minimum absolute atomic E-state index is 0.160. The lowest BCUT2D eigenvalue weighted by molar-refractivity contribution is -0.115. The molecule has 6 heteroatoms. The number of ether oxygens (including phenoxy) is 2. The van der Waals surface area contributed by atoms with E-state index >= 15 is 0 Å². The molecule has 1 aliphatic heterocycles. The molecule has 0 unspecified atom stereocenters. The molecule has 25 heavy (non-hydrogen) atoms. The van der Waals surface area contributed by atoms with Crippen LogP contribution < -0.4 is 14.8 Å². The number of aliphatic imine (C=N–C) groups is 1. The van der Waals surface area contributed by atoms with Gasteiger partial charge in [0.1, 0.15) is 0 Å². The van der Waals surface area contributed by atoms with Gasteiger partial charge in [0.05, 0.1) is 24.3 Å². The molecule has 1 saturated heterocycles. The Morgan fingerprint density at radius 3 is 2.68 bits per heavy atom. The van der Waals surface area contributed by atoms with Crippen molar-refractivity contribution in [2.75, 3.05) is 13.7 Å². The standard InChI is InChI=1S/C19H18N2O3S/c1-3-24-15-10-9-13(11-16(15)23-2)12-17-18(22)21-19(25-17)20-14-7-5-4-6-8-14/h4-12H,3H2,1-2H3,(H,20,21,22)/b17-12-. The molecule has 0 aromatic heterocycles. The molecule has 1 aliphatic rings. The number of nitrogens with one attached hydrogen (secondary N) is 1. The number of para-hydroxylation sites is 1. The Balaban J connectivity index is 1.82. The van der Waals surface area contributed by atoms with Crippen molar-refractivity contribution in [2.45, 2.75) is 6.92 Å². The Hall–Kier alpha value is -2.73. The molecule has 1 N–H and O–H groups in total. The number of nitrogens with zero attached hydrogens (tertiary/aromatic N) is 1. The van der Waals surface area contributed by atoms with E-state index in [0.717, 1.165) is 11.3 Å². The monoisotopic (exact) mass is 354 g/mol. The third-order valence-corrected chi connectivity index (χ3v) is 4.33. The quantitative estimate of drug-likeness (QED) is 0.825. The molecular formula is C19H18N2O3S. The van der Waals surface area contributed by atoms with E-state index in [-0.39, 0.29) is 5.91 Å². The first-order chi connectivity index (χ1) is 12.2. The molecule has 0 aliphatic carbocycles. The summed E-state index contributed by atoms with van der Waals surface area (Å²) in [5, 5.41) is 3.35. The number of amidine groups is 1. The molecule has 2 aromatic rings. The molecule has 1 heterocycles. The number of carbonyl (C=O) groups is 1. The highest BCUT2D eigenvalue weighted by Gasteiger charge is 2.23. The number of methoxy groups -OCH3 is 1. The number of benzene rings is 2. The summed E-state index contributed by atoms with van der Waals surface area (Å²) in [6.45, 7) is 2.48. The molecule has 1 fully saturated rings. The summed E-state index contributed by atoms with van der Waals surface area (Å²) in [6.07, 6.45) is 1.81. The lowest BCUT2D eigenvalue weighted by Crippen LogP contribution is -2.19. The molecule has 0 spiro atoms. The van der Waals surface area contributed by atoms with Crippen LogP contribution in [0, 0.1) is 0 Å². The molecule has 128 valence electrons. The topological polar surface area (TPSA) is 59.9 Å². The zero-order chi connectivity index (χ0) is 17.6. The van der Waals surface area contributed by atoms with E-state index in [9.17, 15) is 4.79 Å². The van der Waals surface area contributed by atoms with Gasteiger partial charge in [-0.2, -0.15) is 0 Å². The SMILES string of the molecule is CCOc1ccc(/C=C2\SC(=Nc3ccccc3)NC2=O)cc1OC. The Kier molecular flexibility index (Phi) is 5.40. The highest BCUT2D eigenvalue weighted by atomic mass is 32.2. The van der Waals surface area contributed by atoms with Crippen molar-refractivity contribution in [1.29, 1.82) is 0 Å². The Labute approximate surface area is 150 Å². The Bertz CT molecular complexity index is 832. The van der Waals surface area contributed by atoms with Crippen LogP contribution in [0.1, 0.15) is 12.5 Å². The average Bonchev–Trinajstić information content (AvgIpc) is 2.96. The number of thioether (sulfide) groups is 1. The zero-order valence-corrected chi connectivity index (χ0v) is 14.8. The third-order valence-electron chi connectivity index (χ3n) is 3.42. The molecule has 1 amide bonds. The maximum atomic E-state index is 12.2. The van der Waals surface area contributed by atoms with Crippen molar-refractivity contribution in [3.8, 4) is 11.5 Å². The highest BCUT2D eigenvalue weighted by Crippen LogP contribution is 2.32. The van der Waals surface area contributed by atoms with Gasteiger partial charge in [-0.25, -0.2) is 4.99 Å². The lowest BCUT2D eigenvalue weighted by atomic mass is 10.2. The van der Waals surface area contributed by atoms with E-state index in [2.05, 4.69) is 10.3 Å². The van der Waals surface area contributed by atoms with E-state index in [1.54, 1.807) is 7.11 Å². The third kappa shape index (κ3) is 4.22. The summed E-state index contributed by atoms with van der Waals surface area (Å²) in [5.74, 6) is 1.16. The maximum Gasteiger partial charge on any atom is 0.264 e. The van der Waals surface area contributed by atoms with E-state index in [1.807, 2.05) is 61.5 Å². The summed E-state index contributed by atoms with van der Waals surface area (Å²) in [6, 6.07) is 15.1. The second-order valence-corrected chi connectivity index (χ2v) is 6.19. The Morgan fingerprint density at radius 2 is 1.96 bits per heavy atom. The zero-order valence-electron chi connectivity index (χ0n) is 14.0. The van der Waals surface area contributed by atoms with Crippen molar-refractivity contribution in [1.82, 2.24) is 5.32 Å². The molecule has 2 aromatic carbocycles. The molecule has 5 nitrogen and oxygen atoms in total. The van der Waals surface area contributed by atoms with Gasteiger partial charge in [-0.05, 0) is 54.6 Å². The van der Waals surface area contributed by atoms with E-state index in [1.165, 1.54) is 11.8 Å². The van der Waals surface area contributed by atoms with Gasteiger partial charge in [0.25, 0.3) is 5.91 Å². The first kappa shape index (κ1) is 17.1. The minimum Gasteiger partial charge on any atom is -0.493 e. The minimum atomic E-state index is -0.160. The normalized spacial score (nSPS) is 17.0. The fraction of sp³-hybridized carbons (Fsp3) is 0.158. The summed E-state index contributed by atoms with van der Waals surface area (Å²) in [4.78, 5) is 17.2. The van der Waals surface area contributed by atoms with Gasteiger partial charge in [0, 0.05) is 0 Å². The van der Waals surface area contributed by atoms with Crippen molar-refractivity contribution in [3.05, 3.63) is 59.0 Å². The molecule has 0 saturated carbocycles. The summed E-state index contributed by atoms with van der Waals surface area (Å²) in [5.41, 5.74) is 1.66. The van der Waals surface area contributed by atoms with Crippen LogP contribution in [0.4, 0.5) is 5.69 Å². The molecule has 0 radical (unpaired) electrons. The van der Waals surface area contributed by atoms with Crippen molar-refractivity contribution < 1.29 is 14.3 Å². The summed E-state index contributed by atoms with van der Waals surface area (Å²) >= 11 is 1.31.